The molecule has 2 atom stereocenters. The van der Waals surface area contributed by atoms with Gasteiger partial charge in [0.1, 0.15) is 23.4 Å². The molecule has 0 heterocycles. The largest absolute Gasteiger partial charge is 0.494 e. The van der Waals surface area contributed by atoms with Gasteiger partial charge in [-0.2, -0.15) is 0 Å². The van der Waals surface area contributed by atoms with E-state index in [1.54, 1.807) is 7.05 Å². The molecular formula is C20H27NO4. The molecule has 0 bridgehead atoms. The fraction of sp³-hybridized carbons (Fsp3) is 0.400. The predicted octanol–water partition coefficient (Wildman–Crippen LogP) is 3.18. The molecule has 2 aromatic carbocycles. The molecule has 5 nitrogen and oxygen atoms in total. The van der Waals surface area contributed by atoms with Crippen molar-refractivity contribution >= 4 is 0 Å². The molecule has 0 fully saturated rings. The summed E-state index contributed by atoms with van der Waals surface area (Å²) in [7, 11) is 1.80. The molecular weight excluding hydrogens is 318 g/mol. The summed E-state index contributed by atoms with van der Waals surface area (Å²) in [6, 6.07) is 15.0. The Labute approximate surface area is 149 Å². The first-order valence-corrected chi connectivity index (χ1v) is 8.62. The van der Waals surface area contributed by atoms with Gasteiger partial charge in [-0.3, -0.25) is 0 Å². The Morgan fingerprint density at radius 1 is 0.840 bits per heavy atom. The Bertz CT molecular complexity index is 613. The van der Waals surface area contributed by atoms with Gasteiger partial charge in [-0.1, -0.05) is 12.1 Å². The third-order valence-corrected chi connectivity index (χ3v) is 3.68. The van der Waals surface area contributed by atoms with E-state index in [0.29, 0.717) is 25.5 Å². The van der Waals surface area contributed by atoms with Crippen LogP contribution in [0, 0.1) is 0 Å². The zero-order valence-corrected chi connectivity index (χ0v) is 15.1. The molecule has 0 aliphatic rings. The molecule has 0 amide bonds. The summed E-state index contributed by atoms with van der Waals surface area (Å²) in [5.41, 5.74) is 0.889. The number of hydrogen-bond donors (Lipinski definition) is 2. The van der Waals surface area contributed by atoms with Gasteiger partial charge in [0.25, 0.3) is 0 Å². The van der Waals surface area contributed by atoms with Gasteiger partial charge in [0.2, 0.25) is 0 Å². The molecule has 0 spiro atoms. The van der Waals surface area contributed by atoms with E-state index in [4.69, 9.17) is 14.2 Å². The highest BCUT2D eigenvalue weighted by atomic mass is 16.5. The van der Waals surface area contributed by atoms with Crippen LogP contribution in [0.2, 0.25) is 0 Å². The van der Waals surface area contributed by atoms with Gasteiger partial charge in [-0.25, -0.2) is 0 Å². The molecule has 2 unspecified atom stereocenters. The molecule has 5 heteroatoms. The van der Waals surface area contributed by atoms with Crippen molar-refractivity contribution in [3.05, 3.63) is 54.1 Å². The van der Waals surface area contributed by atoms with E-state index in [9.17, 15) is 5.11 Å². The summed E-state index contributed by atoms with van der Waals surface area (Å²) in [6.45, 7) is 5.56. The molecule has 0 saturated carbocycles. The third kappa shape index (κ3) is 5.66. The van der Waals surface area contributed by atoms with Gasteiger partial charge in [0.05, 0.1) is 13.2 Å². The molecule has 0 aliphatic carbocycles. The number of ether oxygens (including phenoxy) is 3. The van der Waals surface area contributed by atoms with Crippen LogP contribution in [0.15, 0.2) is 48.5 Å². The van der Waals surface area contributed by atoms with E-state index in [-0.39, 0.29) is 0 Å². The molecule has 0 radical (unpaired) electrons. The summed E-state index contributed by atoms with van der Waals surface area (Å²) >= 11 is 0. The normalized spacial score (nSPS) is 13.1. The van der Waals surface area contributed by atoms with Crippen molar-refractivity contribution in [2.24, 2.45) is 0 Å². The lowest BCUT2D eigenvalue weighted by Gasteiger charge is -2.25. The molecule has 2 rings (SSSR count). The second-order valence-corrected chi connectivity index (χ2v) is 5.57. The maximum Gasteiger partial charge on any atom is 0.151 e. The van der Waals surface area contributed by atoms with Crippen molar-refractivity contribution in [3.63, 3.8) is 0 Å². The number of aliphatic hydroxyl groups excluding tert-OH is 1. The molecule has 2 N–H and O–H groups in total. The monoisotopic (exact) mass is 345 g/mol. The first-order valence-electron chi connectivity index (χ1n) is 8.62. The first kappa shape index (κ1) is 19.1. The van der Waals surface area contributed by atoms with Crippen LogP contribution in [0.5, 0.6) is 17.2 Å². The van der Waals surface area contributed by atoms with E-state index >= 15 is 0 Å². The van der Waals surface area contributed by atoms with Crippen molar-refractivity contribution in [1.29, 1.82) is 0 Å². The number of likely N-dealkylation sites (N-methyl/N-ethyl adjacent to an activating group) is 1. The molecule has 136 valence electrons. The second-order valence-electron chi connectivity index (χ2n) is 5.57. The third-order valence-electron chi connectivity index (χ3n) is 3.68. The molecule has 25 heavy (non-hydrogen) atoms. The standard InChI is InChI=1S/C20H27NO4/c1-4-23-16-8-6-15(7-9-16)20(19(22)14-21-3)25-18-12-10-17(11-13-18)24-5-2/h6-13,19-22H,4-5,14H2,1-3H3. The maximum atomic E-state index is 10.5. The lowest BCUT2D eigenvalue weighted by atomic mass is 10.0. The number of hydrogen-bond acceptors (Lipinski definition) is 5. The van der Waals surface area contributed by atoms with Crippen molar-refractivity contribution < 1.29 is 19.3 Å². The van der Waals surface area contributed by atoms with Gasteiger partial charge in [-0.05, 0) is 62.9 Å². The lowest BCUT2D eigenvalue weighted by molar-refractivity contribution is 0.0369. The number of rotatable bonds is 10. The molecule has 0 saturated heterocycles. The Hall–Kier alpha value is -2.24. The average molecular weight is 345 g/mol. The fourth-order valence-corrected chi connectivity index (χ4v) is 2.53. The Morgan fingerprint density at radius 3 is 1.80 bits per heavy atom. The topological polar surface area (TPSA) is 60.0 Å². The summed E-state index contributed by atoms with van der Waals surface area (Å²) in [5.74, 6) is 2.27. The van der Waals surface area contributed by atoms with Gasteiger partial charge in [-0.15, -0.1) is 0 Å². The molecule has 0 aromatic heterocycles. The quantitative estimate of drug-likeness (QED) is 0.692. The van der Waals surface area contributed by atoms with Crippen LogP contribution >= 0.6 is 0 Å². The zero-order chi connectivity index (χ0) is 18.1. The highest BCUT2D eigenvalue weighted by Crippen LogP contribution is 2.28. The minimum Gasteiger partial charge on any atom is -0.494 e. The summed E-state index contributed by atoms with van der Waals surface area (Å²) in [6.07, 6.45) is -1.17. The Kier molecular flexibility index (Phi) is 7.57. The van der Waals surface area contributed by atoms with Gasteiger partial charge in [0.15, 0.2) is 6.10 Å². The molecule has 2 aromatic rings. The minimum absolute atomic E-state index is 0.426. The van der Waals surface area contributed by atoms with Crippen LogP contribution in [0.4, 0.5) is 0 Å². The minimum atomic E-state index is -0.686. The van der Waals surface area contributed by atoms with Crippen LogP contribution in [0.25, 0.3) is 0 Å². The van der Waals surface area contributed by atoms with Crippen LogP contribution in [-0.4, -0.2) is 38.0 Å². The van der Waals surface area contributed by atoms with E-state index in [2.05, 4.69) is 5.32 Å². The fourth-order valence-electron chi connectivity index (χ4n) is 2.53. The van der Waals surface area contributed by atoms with E-state index in [0.717, 1.165) is 17.1 Å². The summed E-state index contributed by atoms with van der Waals surface area (Å²) in [5, 5.41) is 13.5. The van der Waals surface area contributed by atoms with E-state index < -0.39 is 12.2 Å². The smallest absolute Gasteiger partial charge is 0.151 e. The van der Waals surface area contributed by atoms with Crippen LogP contribution in [0.1, 0.15) is 25.5 Å². The van der Waals surface area contributed by atoms with Crippen molar-refractivity contribution in [2.75, 3.05) is 26.8 Å². The summed E-state index contributed by atoms with van der Waals surface area (Å²) in [4.78, 5) is 0. The summed E-state index contributed by atoms with van der Waals surface area (Å²) < 4.78 is 17.0. The van der Waals surface area contributed by atoms with Gasteiger partial charge >= 0.3 is 0 Å². The van der Waals surface area contributed by atoms with Crippen LogP contribution < -0.4 is 19.5 Å². The average Bonchev–Trinajstić information content (AvgIpc) is 2.62. The van der Waals surface area contributed by atoms with E-state index in [1.807, 2.05) is 62.4 Å². The van der Waals surface area contributed by atoms with Crippen LogP contribution in [-0.2, 0) is 0 Å². The molecule has 0 aliphatic heterocycles. The highest BCUT2D eigenvalue weighted by Gasteiger charge is 2.23. The van der Waals surface area contributed by atoms with Crippen molar-refractivity contribution in [1.82, 2.24) is 5.32 Å². The van der Waals surface area contributed by atoms with E-state index in [1.165, 1.54) is 0 Å². The first-order chi connectivity index (χ1) is 12.2. The number of aliphatic hydroxyl groups is 1. The van der Waals surface area contributed by atoms with Gasteiger partial charge in [0, 0.05) is 6.54 Å². The number of nitrogens with one attached hydrogen (secondary N) is 1. The lowest BCUT2D eigenvalue weighted by Crippen LogP contribution is -2.32. The SMILES string of the molecule is CCOc1ccc(OC(c2ccc(OCC)cc2)C(O)CNC)cc1. The Balaban J connectivity index is 2.17. The maximum absolute atomic E-state index is 10.5. The predicted molar refractivity (Wildman–Crippen MR) is 98.5 cm³/mol. The zero-order valence-electron chi connectivity index (χ0n) is 15.1. The highest BCUT2D eigenvalue weighted by molar-refractivity contribution is 5.33. The van der Waals surface area contributed by atoms with Crippen LogP contribution in [0.3, 0.4) is 0 Å². The Morgan fingerprint density at radius 2 is 1.32 bits per heavy atom. The van der Waals surface area contributed by atoms with Gasteiger partial charge < -0.3 is 24.6 Å². The van der Waals surface area contributed by atoms with Crippen molar-refractivity contribution in [3.8, 4) is 17.2 Å². The van der Waals surface area contributed by atoms with Crippen molar-refractivity contribution in [2.45, 2.75) is 26.1 Å². The number of benzene rings is 2. The second kappa shape index (κ2) is 9.91.